The highest BCUT2D eigenvalue weighted by atomic mass is 16.5. The predicted octanol–water partition coefficient (Wildman–Crippen LogP) is 2.42. The van der Waals surface area contributed by atoms with Crippen LogP contribution in [0.15, 0.2) is 24.3 Å². The van der Waals surface area contributed by atoms with Gasteiger partial charge in [-0.3, -0.25) is 4.79 Å². The zero-order chi connectivity index (χ0) is 18.2. The fourth-order valence-corrected chi connectivity index (χ4v) is 3.09. The number of hydrogen-bond donors (Lipinski definition) is 2. The second-order valence-corrected chi connectivity index (χ2v) is 6.67. The molecule has 0 spiro atoms. The van der Waals surface area contributed by atoms with Crippen LogP contribution in [0.5, 0.6) is 0 Å². The van der Waals surface area contributed by atoms with Crippen molar-refractivity contribution in [3.05, 3.63) is 35.4 Å². The van der Waals surface area contributed by atoms with Crippen LogP contribution in [0.4, 0.5) is 4.79 Å². The molecule has 25 heavy (non-hydrogen) atoms. The van der Waals surface area contributed by atoms with Crippen molar-refractivity contribution in [2.24, 2.45) is 0 Å². The number of amides is 3. The van der Waals surface area contributed by atoms with Gasteiger partial charge in [-0.1, -0.05) is 24.3 Å². The third-order valence-corrected chi connectivity index (χ3v) is 4.59. The van der Waals surface area contributed by atoms with Crippen LogP contribution < -0.4 is 10.6 Å². The summed E-state index contributed by atoms with van der Waals surface area (Å²) in [6.07, 6.45) is 3.23. The van der Waals surface area contributed by atoms with E-state index in [1.54, 1.807) is 14.0 Å². The Bertz CT molecular complexity index is 574. The first kappa shape index (κ1) is 19.2. The highest BCUT2D eigenvalue weighted by molar-refractivity contribution is 5.87. The average Bonchev–Trinajstić information content (AvgIpc) is 2.61. The molecular weight excluding hydrogens is 318 g/mol. The summed E-state index contributed by atoms with van der Waals surface area (Å²) in [4.78, 5) is 26.4. The van der Waals surface area contributed by atoms with Crippen LogP contribution >= 0.6 is 0 Å². The summed E-state index contributed by atoms with van der Waals surface area (Å²) in [6.45, 7) is 5.57. The summed E-state index contributed by atoms with van der Waals surface area (Å²) in [5.74, 6) is -0.00808. The lowest BCUT2D eigenvalue weighted by Crippen LogP contribution is -2.53. The quantitative estimate of drug-likeness (QED) is 0.830. The van der Waals surface area contributed by atoms with E-state index in [2.05, 4.69) is 17.6 Å². The van der Waals surface area contributed by atoms with Gasteiger partial charge in [-0.05, 0) is 44.2 Å². The molecule has 6 nitrogen and oxygen atoms in total. The van der Waals surface area contributed by atoms with Crippen molar-refractivity contribution in [1.29, 1.82) is 0 Å². The van der Waals surface area contributed by atoms with Crippen molar-refractivity contribution >= 4 is 11.9 Å². The van der Waals surface area contributed by atoms with Crippen molar-refractivity contribution in [3.8, 4) is 0 Å². The maximum Gasteiger partial charge on any atom is 0.315 e. The van der Waals surface area contributed by atoms with E-state index in [0.29, 0.717) is 13.2 Å². The molecule has 3 amide bonds. The number of ether oxygens (including phenoxy) is 1. The molecule has 2 rings (SSSR count). The number of nitrogens with one attached hydrogen (secondary N) is 2. The standard InChI is InChI=1S/C19H29N3O3/c1-14-6-4-5-11-22(14)18(23)15(2)21-19(24)20-12-16-7-9-17(10-8-16)13-25-3/h7-10,14-15H,4-6,11-13H2,1-3H3,(H2,20,21,24). The molecule has 0 bridgehead atoms. The van der Waals surface area contributed by atoms with Crippen LogP contribution in [0.1, 0.15) is 44.2 Å². The Kier molecular flexibility index (Phi) is 7.25. The van der Waals surface area contributed by atoms with Gasteiger partial charge in [0.2, 0.25) is 5.91 Å². The van der Waals surface area contributed by atoms with Crippen molar-refractivity contribution in [2.45, 2.75) is 58.3 Å². The first-order chi connectivity index (χ1) is 12.0. The lowest BCUT2D eigenvalue weighted by molar-refractivity contribution is -0.136. The number of urea groups is 1. The molecule has 0 saturated carbocycles. The third kappa shape index (κ3) is 5.74. The number of nitrogens with zero attached hydrogens (tertiary/aromatic N) is 1. The summed E-state index contributed by atoms with van der Waals surface area (Å²) < 4.78 is 5.07. The molecule has 1 heterocycles. The van der Waals surface area contributed by atoms with E-state index in [1.807, 2.05) is 29.2 Å². The van der Waals surface area contributed by atoms with Crippen molar-refractivity contribution in [1.82, 2.24) is 15.5 Å². The highest BCUT2D eigenvalue weighted by Crippen LogP contribution is 2.17. The van der Waals surface area contributed by atoms with E-state index in [1.165, 1.54) is 0 Å². The second kappa shape index (κ2) is 9.42. The number of methoxy groups -OCH3 is 1. The molecule has 2 N–H and O–H groups in total. The first-order valence-corrected chi connectivity index (χ1v) is 8.93. The summed E-state index contributed by atoms with van der Waals surface area (Å²) in [5, 5.41) is 5.54. The van der Waals surface area contributed by atoms with E-state index in [4.69, 9.17) is 4.74 Å². The van der Waals surface area contributed by atoms with Gasteiger partial charge < -0.3 is 20.3 Å². The molecule has 0 radical (unpaired) electrons. The number of benzene rings is 1. The van der Waals surface area contributed by atoms with Crippen LogP contribution in [0.2, 0.25) is 0 Å². The molecule has 1 aliphatic rings. The molecule has 1 saturated heterocycles. The minimum atomic E-state index is -0.523. The molecule has 0 aromatic heterocycles. The Balaban J connectivity index is 1.77. The zero-order valence-corrected chi connectivity index (χ0v) is 15.4. The number of rotatable bonds is 6. The van der Waals surface area contributed by atoms with E-state index < -0.39 is 6.04 Å². The molecule has 2 unspecified atom stereocenters. The lowest BCUT2D eigenvalue weighted by Gasteiger charge is -2.35. The normalized spacial score (nSPS) is 18.5. The van der Waals surface area contributed by atoms with Crippen molar-refractivity contribution in [3.63, 3.8) is 0 Å². The van der Waals surface area contributed by atoms with E-state index in [-0.39, 0.29) is 18.0 Å². The van der Waals surface area contributed by atoms with Crippen LogP contribution in [-0.2, 0) is 22.7 Å². The topological polar surface area (TPSA) is 70.7 Å². The van der Waals surface area contributed by atoms with Crippen molar-refractivity contribution < 1.29 is 14.3 Å². The Morgan fingerprint density at radius 1 is 1.24 bits per heavy atom. The molecule has 6 heteroatoms. The summed E-state index contributed by atoms with van der Waals surface area (Å²) >= 11 is 0. The Labute approximate surface area is 149 Å². The number of likely N-dealkylation sites (tertiary alicyclic amines) is 1. The molecular formula is C19H29N3O3. The van der Waals surface area contributed by atoms with Gasteiger partial charge in [0.05, 0.1) is 6.61 Å². The minimum absolute atomic E-state index is 0.00808. The maximum absolute atomic E-state index is 12.5. The third-order valence-electron chi connectivity index (χ3n) is 4.59. The summed E-state index contributed by atoms with van der Waals surface area (Å²) in [6, 6.07) is 7.26. The predicted molar refractivity (Wildman–Crippen MR) is 97.0 cm³/mol. The maximum atomic E-state index is 12.5. The van der Waals surface area contributed by atoms with Gasteiger partial charge in [0.25, 0.3) is 0 Å². The average molecular weight is 347 g/mol. The van der Waals surface area contributed by atoms with E-state index in [0.717, 1.165) is 36.9 Å². The molecule has 1 fully saturated rings. The fraction of sp³-hybridized carbons (Fsp3) is 0.579. The Morgan fingerprint density at radius 2 is 1.92 bits per heavy atom. The summed E-state index contributed by atoms with van der Waals surface area (Å²) in [7, 11) is 1.66. The smallest absolute Gasteiger partial charge is 0.315 e. The van der Waals surface area contributed by atoms with Gasteiger partial charge >= 0.3 is 6.03 Å². The van der Waals surface area contributed by atoms with Gasteiger partial charge in [-0.2, -0.15) is 0 Å². The molecule has 138 valence electrons. The molecule has 1 aromatic rings. The van der Waals surface area contributed by atoms with Crippen LogP contribution in [0.3, 0.4) is 0 Å². The van der Waals surface area contributed by atoms with Gasteiger partial charge in [-0.25, -0.2) is 4.79 Å². The first-order valence-electron chi connectivity index (χ1n) is 8.93. The van der Waals surface area contributed by atoms with E-state index >= 15 is 0 Å². The number of hydrogen-bond acceptors (Lipinski definition) is 3. The van der Waals surface area contributed by atoms with Crippen LogP contribution in [0, 0.1) is 0 Å². The van der Waals surface area contributed by atoms with Gasteiger partial charge in [-0.15, -0.1) is 0 Å². The Morgan fingerprint density at radius 3 is 2.56 bits per heavy atom. The molecule has 1 aromatic carbocycles. The fourth-order valence-electron chi connectivity index (χ4n) is 3.09. The van der Waals surface area contributed by atoms with Crippen LogP contribution in [-0.4, -0.2) is 42.6 Å². The highest BCUT2D eigenvalue weighted by Gasteiger charge is 2.27. The summed E-state index contributed by atoms with van der Waals surface area (Å²) in [5.41, 5.74) is 2.09. The molecule has 2 atom stereocenters. The largest absolute Gasteiger partial charge is 0.380 e. The zero-order valence-electron chi connectivity index (χ0n) is 15.4. The number of carbonyl (C=O) groups excluding carboxylic acids is 2. The number of piperidine rings is 1. The second-order valence-electron chi connectivity index (χ2n) is 6.67. The molecule has 1 aliphatic heterocycles. The van der Waals surface area contributed by atoms with Crippen LogP contribution in [0.25, 0.3) is 0 Å². The monoisotopic (exact) mass is 347 g/mol. The SMILES string of the molecule is COCc1ccc(CNC(=O)NC(C)C(=O)N2CCCCC2C)cc1. The van der Waals surface area contributed by atoms with Gasteiger partial charge in [0, 0.05) is 26.2 Å². The number of carbonyl (C=O) groups is 2. The van der Waals surface area contributed by atoms with Crippen molar-refractivity contribution in [2.75, 3.05) is 13.7 Å². The van der Waals surface area contributed by atoms with Gasteiger partial charge in [0.1, 0.15) is 6.04 Å². The molecule has 0 aliphatic carbocycles. The Hall–Kier alpha value is -2.08. The van der Waals surface area contributed by atoms with E-state index in [9.17, 15) is 9.59 Å². The minimum Gasteiger partial charge on any atom is -0.380 e. The lowest BCUT2D eigenvalue weighted by atomic mass is 10.0. The van der Waals surface area contributed by atoms with Gasteiger partial charge in [0.15, 0.2) is 0 Å².